The van der Waals surface area contributed by atoms with E-state index in [-0.39, 0.29) is 0 Å². The van der Waals surface area contributed by atoms with Crippen molar-refractivity contribution >= 4 is 46.0 Å². The summed E-state index contributed by atoms with van der Waals surface area (Å²) in [5.74, 6) is 0.362. The van der Waals surface area contributed by atoms with Gasteiger partial charge in [0.1, 0.15) is 5.60 Å². The van der Waals surface area contributed by atoms with E-state index in [0.717, 1.165) is 11.5 Å². The van der Waals surface area contributed by atoms with Crippen LogP contribution in [0.3, 0.4) is 0 Å². The highest BCUT2D eigenvalue weighted by Crippen LogP contribution is 2.30. The van der Waals surface area contributed by atoms with E-state index >= 15 is 0 Å². The number of rotatable bonds is 3. The molecular formula is C10H15IN2O4S. The summed E-state index contributed by atoms with van der Waals surface area (Å²) in [7, 11) is 1.39. The largest absolute Gasteiger partial charge is 0.444 e. The molecule has 2 N–H and O–H groups in total. The number of amides is 1. The van der Waals surface area contributed by atoms with Crippen LogP contribution in [0, 0.1) is 3.57 Å². The molecule has 1 atom stereocenters. The Morgan fingerprint density at radius 1 is 1.56 bits per heavy atom. The van der Waals surface area contributed by atoms with Gasteiger partial charge >= 0.3 is 6.09 Å². The van der Waals surface area contributed by atoms with E-state index in [4.69, 9.17) is 9.47 Å². The molecule has 0 aliphatic rings. The highest BCUT2D eigenvalue weighted by atomic mass is 127. The van der Waals surface area contributed by atoms with E-state index in [9.17, 15) is 9.90 Å². The number of hydrogen-bond acceptors (Lipinski definition) is 6. The molecule has 0 saturated carbocycles. The van der Waals surface area contributed by atoms with Crippen LogP contribution in [0.25, 0.3) is 0 Å². The monoisotopic (exact) mass is 386 g/mol. The van der Waals surface area contributed by atoms with Crippen LogP contribution in [0.15, 0.2) is 0 Å². The van der Waals surface area contributed by atoms with Crippen molar-refractivity contribution < 1.29 is 19.4 Å². The molecule has 102 valence electrons. The van der Waals surface area contributed by atoms with Gasteiger partial charge in [-0.3, -0.25) is 5.32 Å². The molecule has 0 fully saturated rings. The van der Waals surface area contributed by atoms with Crippen LogP contribution in [0.2, 0.25) is 0 Å². The Bertz CT molecular complexity index is 430. The first kappa shape index (κ1) is 15.6. The zero-order chi connectivity index (χ0) is 13.9. The standard InChI is InChI=1S/C10H15IN2O4S/c1-10(2,3)17-9(15)12-7-5(11)6(18-13-7)8(14)16-4/h8,14H,1-4H3,(H,12,13,15). The molecule has 0 spiro atoms. The molecule has 1 heterocycles. The quantitative estimate of drug-likeness (QED) is 0.617. The normalized spacial score (nSPS) is 13.2. The topological polar surface area (TPSA) is 80.7 Å². The lowest BCUT2D eigenvalue weighted by molar-refractivity contribution is -0.0748. The molecule has 1 aromatic heterocycles. The van der Waals surface area contributed by atoms with E-state index in [1.54, 1.807) is 20.8 Å². The summed E-state index contributed by atoms with van der Waals surface area (Å²) in [6, 6.07) is 0. The maximum atomic E-state index is 11.6. The summed E-state index contributed by atoms with van der Waals surface area (Å²) in [4.78, 5) is 12.1. The Labute approximate surface area is 123 Å². The van der Waals surface area contributed by atoms with Crippen LogP contribution in [0.5, 0.6) is 0 Å². The average molecular weight is 386 g/mol. The van der Waals surface area contributed by atoms with Gasteiger partial charge in [-0.15, -0.1) is 0 Å². The number of nitrogens with one attached hydrogen (secondary N) is 1. The van der Waals surface area contributed by atoms with Crippen LogP contribution >= 0.6 is 34.1 Å². The Hall–Kier alpha value is -0.450. The molecule has 18 heavy (non-hydrogen) atoms. The van der Waals surface area contributed by atoms with Gasteiger partial charge in [0.25, 0.3) is 0 Å². The lowest BCUT2D eigenvalue weighted by atomic mass is 10.2. The number of hydrogen-bond donors (Lipinski definition) is 2. The number of aliphatic hydroxyl groups excluding tert-OH is 1. The van der Waals surface area contributed by atoms with Crippen LogP contribution in [-0.4, -0.2) is 28.3 Å². The minimum atomic E-state index is -1.04. The zero-order valence-corrected chi connectivity index (χ0v) is 13.5. The fourth-order valence-electron chi connectivity index (χ4n) is 1.03. The fraction of sp³-hybridized carbons (Fsp3) is 0.600. The minimum Gasteiger partial charge on any atom is -0.444 e. The highest BCUT2D eigenvalue weighted by Gasteiger charge is 2.22. The van der Waals surface area contributed by atoms with Crippen LogP contribution in [0.4, 0.5) is 10.6 Å². The number of ether oxygens (including phenoxy) is 2. The van der Waals surface area contributed by atoms with E-state index in [0.29, 0.717) is 14.3 Å². The van der Waals surface area contributed by atoms with Crippen LogP contribution in [-0.2, 0) is 9.47 Å². The third-order valence-electron chi connectivity index (χ3n) is 1.73. The summed E-state index contributed by atoms with van der Waals surface area (Å²) in [5, 5.41) is 12.1. The SMILES string of the molecule is COC(O)c1snc(NC(=O)OC(C)(C)C)c1I. The van der Waals surface area contributed by atoms with Gasteiger partial charge in [0.15, 0.2) is 12.1 Å². The molecule has 1 aromatic rings. The lowest BCUT2D eigenvalue weighted by Gasteiger charge is -2.19. The Morgan fingerprint density at radius 2 is 2.17 bits per heavy atom. The summed E-state index contributed by atoms with van der Waals surface area (Å²) < 4.78 is 14.6. The summed E-state index contributed by atoms with van der Waals surface area (Å²) in [6.45, 7) is 5.33. The third kappa shape index (κ3) is 4.34. The molecule has 0 bridgehead atoms. The fourth-order valence-corrected chi connectivity index (χ4v) is 2.70. The zero-order valence-electron chi connectivity index (χ0n) is 10.5. The second kappa shape index (κ2) is 6.13. The number of aliphatic hydroxyl groups is 1. The van der Waals surface area contributed by atoms with Gasteiger partial charge in [-0.2, -0.15) is 4.37 Å². The van der Waals surface area contributed by atoms with E-state index in [1.165, 1.54) is 7.11 Å². The molecule has 0 aromatic carbocycles. The van der Waals surface area contributed by atoms with Crippen molar-refractivity contribution in [3.05, 3.63) is 8.45 Å². The van der Waals surface area contributed by atoms with Gasteiger partial charge in [-0.25, -0.2) is 4.79 Å². The lowest BCUT2D eigenvalue weighted by Crippen LogP contribution is -2.27. The average Bonchev–Trinajstić information content (AvgIpc) is 2.57. The van der Waals surface area contributed by atoms with Crippen molar-refractivity contribution in [3.8, 4) is 0 Å². The van der Waals surface area contributed by atoms with E-state index < -0.39 is 18.0 Å². The van der Waals surface area contributed by atoms with E-state index in [2.05, 4.69) is 9.69 Å². The Morgan fingerprint density at radius 3 is 2.67 bits per heavy atom. The first-order valence-corrected chi connectivity index (χ1v) is 6.95. The van der Waals surface area contributed by atoms with Gasteiger partial charge < -0.3 is 14.6 Å². The number of carbonyl (C=O) groups is 1. The molecule has 1 unspecified atom stereocenters. The summed E-state index contributed by atoms with van der Waals surface area (Å²) in [6.07, 6.45) is -1.62. The van der Waals surface area contributed by atoms with Crippen molar-refractivity contribution in [2.24, 2.45) is 0 Å². The summed E-state index contributed by atoms with van der Waals surface area (Å²) >= 11 is 3.05. The van der Waals surface area contributed by atoms with Gasteiger partial charge in [0.05, 0.1) is 8.45 Å². The third-order valence-corrected chi connectivity index (χ3v) is 4.06. The smallest absolute Gasteiger partial charge is 0.413 e. The maximum Gasteiger partial charge on any atom is 0.413 e. The number of anilines is 1. The molecule has 0 saturated heterocycles. The van der Waals surface area contributed by atoms with Crippen molar-refractivity contribution in [2.75, 3.05) is 12.4 Å². The number of nitrogens with zero attached hydrogens (tertiary/aromatic N) is 1. The van der Waals surface area contributed by atoms with Crippen molar-refractivity contribution in [3.63, 3.8) is 0 Å². The first-order valence-electron chi connectivity index (χ1n) is 5.10. The predicted molar refractivity (Wildman–Crippen MR) is 76.7 cm³/mol. The van der Waals surface area contributed by atoms with Crippen molar-refractivity contribution in [1.29, 1.82) is 0 Å². The highest BCUT2D eigenvalue weighted by molar-refractivity contribution is 14.1. The van der Waals surface area contributed by atoms with Crippen molar-refractivity contribution in [1.82, 2.24) is 4.37 Å². The minimum absolute atomic E-state index is 0.362. The summed E-state index contributed by atoms with van der Waals surface area (Å²) in [5.41, 5.74) is -0.569. The van der Waals surface area contributed by atoms with Crippen LogP contribution in [0.1, 0.15) is 31.9 Å². The number of carbonyl (C=O) groups excluding carboxylic acids is 1. The molecule has 6 nitrogen and oxygen atoms in total. The van der Waals surface area contributed by atoms with Gasteiger partial charge in [-0.1, -0.05) is 0 Å². The maximum absolute atomic E-state index is 11.6. The molecule has 1 amide bonds. The van der Waals surface area contributed by atoms with Crippen LogP contribution < -0.4 is 5.32 Å². The van der Waals surface area contributed by atoms with E-state index in [1.807, 2.05) is 22.6 Å². The molecule has 0 aliphatic heterocycles. The van der Waals surface area contributed by atoms with Crippen molar-refractivity contribution in [2.45, 2.75) is 32.7 Å². The first-order chi connectivity index (χ1) is 8.24. The van der Waals surface area contributed by atoms with Gasteiger partial charge in [0, 0.05) is 7.11 Å². The second-order valence-electron chi connectivity index (χ2n) is 4.42. The van der Waals surface area contributed by atoms with Gasteiger partial charge in [0.2, 0.25) is 0 Å². The molecule has 1 rings (SSSR count). The molecule has 0 aliphatic carbocycles. The van der Waals surface area contributed by atoms with Gasteiger partial charge in [-0.05, 0) is 54.9 Å². The second-order valence-corrected chi connectivity index (χ2v) is 6.31. The Kier molecular flexibility index (Phi) is 5.32. The Balaban J connectivity index is 2.75. The molecule has 8 heteroatoms. The molecular weight excluding hydrogens is 371 g/mol. The number of halogens is 1. The predicted octanol–water partition coefficient (Wildman–Crippen LogP) is 2.73. The molecule has 0 radical (unpaired) electrons. The number of methoxy groups -OCH3 is 1. The number of aromatic nitrogens is 1.